The highest BCUT2D eigenvalue weighted by Crippen LogP contribution is 2.30. The van der Waals surface area contributed by atoms with E-state index in [9.17, 15) is 4.79 Å². The first-order chi connectivity index (χ1) is 7.36. The van der Waals surface area contributed by atoms with Gasteiger partial charge in [0.25, 0.3) is 0 Å². The number of carbonyl (C=O) groups is 1. The highest BCUT2D eigenvalue weighted by Gasteiger charge is 2.31. The summed E-state index contributed by atoms with van der Waals surface area (Å²) in [6.07, 6.45) is 3.85. The summed E-state index contributed by atoms with van der Waals surface area (Å²) in [5.74, 6) is 0.861. The summed E-state index contributed by atoms with van der Waals surface area (Å²) in [5, 5.41) is 9.06. The lowest BCUT2D eigenvalue weighted by Gasteiger charge is -2.36. The van der Waals surface area contributed by atoms with Crippen LogP contribution in [0.15, 0.2) is 0 Å². The van der Waals surface area contributed by atoms with E-state index in [1.807, 2.05) is 11.9 Å². The second kappa shape index (κ2) is 5.17. The van der Waals surface area contributed by atoms with Gasteiger partial charge in [0, 0.05) is 25.1 Å². The van der Waals surface area contributed by atoms with Gasteiger partial charge in [0.2, 0.25) is 5.91 Å². The third-order valence-electron chi connectivity index (χ3n) is 3.79. The topological polar surface area (TPSA) is 40.5 Å². The van der Waals surface area contributed by atoms with Crippen LogP contribution in [0.1, 0.15) is 46.5 Å². The standard InChI is InChI=1S/C13H25NO2/c1-13(2,3)14(4)12(16)11-7-5-10(9-15)6-8-11/h10-11,15H,5-9H2,1-4H3. The van der Waals surface area contributed by atoms with Gasteiger partial charge in [-0.25, -0.2) is 0 Å². The average molecular weight is 227 g/mol. The number of carbonyl (C=O) groups excluding carboxylic acids is 1. The Hall–Kier alpha value is -0.570. The summed E-state index contributed by atoms with van der Waals surface area (Å²) < 4.78 is 0. The molecular formula is C13H25NO2. The lowest BCUT2D eigenvalue weighted by Crippen LogP contribution is -2.46. The molecule has 0 aromatic rings. The fraction of sp³-hybridized carbons (Fsp3) is 0.923. The van der Waals surface area contributed by atoms with Gasteiger partial charge in [-0.15, -0.1) is 0 Å². The fourth-order valence-corrected chi connectivity index (χ4v) is 2.20. The van der Waals surface area contributed by atoms with Crippen molar-refractivity contribution in [3.8, 4) is 0 Å². The second-order valence-electron chi connectivity index (χ2n) is 5.97. The molecule has 1 fully saturated rings. The molecule has 0 saturated heterocycles. The summed E-state index contributed by atoms with van der Waals surface area (Å²) in [5.41, 5.74) is -0.0924. The zero-order chi connectivity index (χ0) is 12.3. The smallest absolute Gasteiger partial charge is 0.225 e. The Morgan fingerprint density at radius 2 is 1.75 bits per heavy atom. The number of aliphatic hydroxyl groups is 1. The molecule has 0 heterocycles. The van der Waals surface area contributed by atoms with E-state index in [2.05, 4.69) is 20.8 Å². The lowest BCUT2D eigenvalue weighted by molar-refractivity contribution is -0.139. The van der Waals surface area contributed by atoms with Crippen LogP contribution in [0.25, 0.3) is 0 Å². The van der Waals surface area contributed by atoms with E-state index < -0.39 is 0 Å². The molecule has 0 aliphatic heterocycles. The van der Waals surface area contributed by atoms with Crippen LogP contribution in [0.4, 0.5) is 0 Å². The molecule has 0 aromatic carbocycles. The Labute approximate surface area is 98.8 Å². The quantitative estimate of drug-likeness (QED) is 0.784. The van der Waals surface area contributed by atoms with Crippen LogP contribution in [0, 0.1) is 11.8 Å². The van der Waals surface area contributed by atoms with E-state index in [1.54, 1.807) is 0 Å². The van der Waals surface area contributed by atoms with Crippen molar-refractivity contribution in [2.75, 3.05) is 13.7 Å². The first-order valence-electron chi connectivity index (χ1n) is 6.24. The fourth-order valence-electron chi connectivity index (χ4n) is 2.20. The van der Waals surface area contributed by atoms with Crippen molar-refractivity contribution in [1.29, 1.82) is 0 Å². The molecule has 1 rings (SSSR count). The van der Waals surface area contributed by atoms with E-state index in [0.717, 1.165) is 25.7 Å². The molecule has 1 N–H and O–H groups in total. The van der Waals surface area contributed by atoms with E-state index in [4.69, 9.17) is 5.11 Å². The minimum Gasteiger partial charge on any atom is -0.396 e. The van der Waals surface area contributed by atoms with Crippen LogP contribution in [0.3, 0.4) is 0 Å². The number of hydrogen-bond donors (Lipinski definition) is 1. The number of hydrogen-bond acceptors (Lipinski definition) is 2. The van der Waals surface area contributed by atoms with Gasteiger partial charge in [0.05, 0.1) is 0 Å². The Morgan fingerprint density at radius 1 is 1.25 bits per heavy atom. The normalized spacial score (nSPS) is 26.6. The van der Waals surface area contributed by atoms with E-state index >= 15 is 0 Å². The maximum absolute atomic E-state index is 12.2. The third kappa shape index (κ3) is 3.21. The SMILES string of the molecule is CN(C(=O)C1CCC(CO)CC1)C(C)(C)C. The van der Waals surface area contributed by atoms with Gasteiger partial charge in [-0.3, -0.25) is 4.79 Å². The molecule has 1 saturated carbocycles. The van der Waals surface area contributed by atoms with E-state index in [0.29, 0.717) is 5.92 Å². The van der Waals surface area contributed by atoms with Crippen LogP contribution in [-0.4, -0.2) is 35.1 Å². The van der Waals surface area contributed by atoms with Crippen LogP contribution in [-0.2, 0) is 4.79 Å². The second-order valence-corrected chi connectivity index (χ2v) is 5.97. The highest BCUT2D eigenvalue weighted by atomic mass is 16.3. The molecule has 0 aromatic heterocycles. The number of amides is 1. The van der Waals surface area contributed by atoms with Crippen molar-refractivity contribution in [2.24, 2.45) is 11.8 Å². The van der Waals surface area contributed by atoms with Crippen LogP contribution >= 0.6 is 0 Å². The van der Waals surface area contributed by atoms with E-state index in [1.165, 1.54) is 0 Å². The molecule has 3 nitrogen and oxygen atoms in total. The zero-order valence-electron chi connectivity index (χ0n) is 11.0. The molecule has 16 heavy (non-hydrogen) atoms. The Kier molecular flexibility index (Phi) is 4.36. The molecule has 3 heteroatoms. The zero-order valence-corrected chi connectivity index (χ0v) is 11.0. The van der Waals surface area contributed by atoms with Gasteiger partial charge in [-0.1, -0.05) is 0 Å². The van der Waals surface area contributed by atoms with Crippen molar-refractivity contribution < 1.29 is 9.90 Å². The summed E-state index contributed by atoms with van der Waals surface area (Å²) >= 11 is 0. The molecule has 0 bridgehead atoms. The molecule has 0 atom stereocenters. The van der Waals surface area contributed by atoms with Gasteiger partial charge >= 0.3 is 0 Å². The van der Waals surface area contributed by atoms with Gasteiger partial charge < -0.3 is 10.0 Å². The third-order valence-corrected chi connectivity index (χ3v) is 3.79. The summed E-state index contributed by atoms with van der Waals surface area (Å²) in [6, 6.07) is 0. The summed E-state index contributed by atoms with van der Waals surface area (Å²) in [6.45, 7) is 6.45. The van der Waals surface area contributed by atoms with Crippen LogP contribution in [0.5, 0.6) is 0 Å². The van der Waals surface area contributed by atoms with Gasteiger partial charge in [0.15, 0.2) is 0 Å². The van der Waals surface area contributed by atoms with Crippen LogP contribution < -0.4 is 0 Å². The molecule has 0 unspecified atom stereocenters. The monoisotopic (exact) mass is 227 g/mol. The number of nitrogens with zero attached hydrogens (tertiary/aromatic N) is 1. The molecule has 0 spiro atoms. The van der Waals surface area contributed by atoms with Crippen molar-refractivity contribution >= 4 is 5.91 Å². The van der Waals surface area contributed by atoms with E-state index in [-0.39, 0.29) is 24.0 Å². The molecular weight excluding hydrogens is 202 g/mol. The first kappa shape index (κ1) is 13.5. The summed E-state index contributed by atoms with van der Waals surface area (Å²) in [7, 11) is 1.89. The predicted molar refractivity (Wildman–Crippen MR) is 65.1 cm³/mol. The van der Waals surface area contributed by atoms with Gasteiger partial charge in [-0.05, 0) is 52.4 Å². The largest absolute Gasteiger partial charge is 0.396 e. The molecule has 1 aliphatic carbocycles. The van der Waals surface area contributed by atoms with Crippen molar-refractivity contribution in [1.82, 2.24) is 4.90 Å². The minimum atomic E-state index is -0.0924. The molecule has 1 amide bonds. The molecule has 94 valence electrons. The van der Waals surface area contributed by atoms with Crippen LogP contribution in [0.2, 0.25) is 0 Å². The Balaban J connectivity index is 2.51. The lowest BCUT2D eigenvalue weighted by atomic mass is 9.81. The average Bonchev–Trinajstić information content (AvgIpc) is 2.26. The number of rotatable bonds is 2. The van der Waals surface area contributed by atoms with Crippen molar-refractivity contribution in [2.45, 2.75) is 52.0 Å². The van der Waals surface area contributed by atoms with Gasteiger partial charge in [0.1, 0.15) is 0 Å². The molecule has 1 aliphatic rings. The maximum Gasteiger partial charge on any atom is 0.225 e. The Morgan fingerprint density at radius 3 is 2.12 bits per heavy atom. The van der Waals surface area contributed by atoms with Crippen molar-refractivity contribution in [3.05, 3.63) is 0 Å². The summed E-state index contributed by atoms with van der Waals surface area (Å²) in [4.78, 5) is 14.1. The van der Waals surface area contributed by atoms with Gasteiger partial charge in [-0.2, -0.15) is 0 Å². The molecule has 0 radical (unpaired) electrons. The Bertz CT molecular complexity index is 237. The first-order valence-corrected chi connectivity index (χ1v) is 6.24. The van der Waals surface area contributed by atoms with Crippen molar-refractivity contribution in [3.63, 3.8) is 0 Å². The highest BCUT2D eigenvalue weighted by molar-refractivity contribution is 5.79. The predicted octanol–water partition coefficient (Wildman–Crippen LogP) is 2.04. The minimum absolute atomic E-state index is 0.0924. The number of aliphatic hydroxyl groups excluding tert-OH is 1. The maximum atomic E-state index is 12.2.